The molecule has 0 aliphatic carbocycles. The zero-order chi connectivity index (χ0) is 36.2. The van der Waals surface area contributed by atoms with Crippen molar-refractivity contribution >= 4 is 72.7 Å². The van der Waals surface area contributed by atoms with Gasteiger partial charge in [-0.2, -0.15) is 0 Å². The molecule has 0 aliphatic heterocycles. The first-order chi connectivity index (χ1) is 20.3. The van der Waals surface area contributed by atoms with Crippen molar-refractivity contribution in [3.63, 3.8) is 0 Å². The van der Waals surface area contributed by atoms with Crippen LogP contribution in [0, 0.1) is 0 Å². The zero-order valence-electron chi connectivity index (χ0n) is 34.8. The van der Waals surface area contributed by atoms with Crippen molar-refractivity contribution in [1.82, 2.24) is 0 Å². The molecule has 2 aromatic carbocycles. The van der Waals surface area contributed by atoms with Crippen LogP contribution in [0.5, 0.6) is 0 Å². The minimum absolute atomic E-state index is 0.557. The van der Waals surface area contributed by atoms with Crippen molar-refractivity contribution in [2.45, 2.75) is 173 Å². The summed E-state index contributed by atoms with van der Waals surface area (Å²) in [7, 11) is -9.18. The molecule has 2 aromatic rings. The van der Waals surface area contributed by atoms with Crippen LogP contribution >= 0.6 is 0 Å². The van der Waals surface area contributed by atoms with Crippen LogP contribution in [0.4, 0.5) is 0 Å². The molecular formula is C39H76GeSi6. The third-order valence-electron chi connectivity index (χ3n) is 10.00. The van der Waals surface area contributed by atoms with E-state index in [9.17, 15) is 0 Å². The Balaban J connectivity index is 3.44. The molecule has 0 heterocycles. The molecule has 0 unspecified atom stereocenters. The number of rotatable bonds is 13. The molecule has 0 aromatic heterocycles. The fourth-order valence-electron chi connectivity index (χ4n) is 10.1. The minimum atomic E-state index is -1.55. The van der Waals surface area contributed by atoms with Crippen LogP contribution in [-0.2, 0) is 0 Å². The predicted molar refractivity (Wildman–Crippen MR) is 234 cm³/mol. The van der Waals surface area contributed by atoms with Crippen LogP contribution < -0.4 is 8.79 Å². The molecule has 0 fully saturated rings. The summed E-state index contributed by atoms with van der Waals surface area (Å²) in [5.41, 5.74) is 8.75. The van der Waals surface area contributed by atoms with E-state index in [0.717, 1.165) is 15.5 Å². The van der Waals surface area contributed by atoms with E-state index in [1.165, 1.54) is 0 Å². The molecule has 0 nitrogen and oxygen atoms in total. The SMILES string of the molecule is CC(C)c1cccc(C(C)C)[c]1[Ge][c]1c(C([Si](C)(C)C)[Si](C)(C)C)cc(C([Si](C)(C)C)[Si](C)(C)C)cc1C([Si](C)(C)C)[Si](C)(C)C. The van der Waals surface area contributed by atoms with E-state index in [0.29, 0.717) is 11.8 Å². The quantitative estimate of drug-likeness (QED) is 0.177. The molecule has 0 aliphatic rings. The first-order valence-electron chi connectivity index (χ1n) is 18.4. The van der Waals surface area contributed by atoms with E-state index < -0.39 is 63.9 Å². The van der Waals surface area contributed by atoms with Gasteiger partial charge >= 0.3 is 304 Å². The molecule has 0 saturated carbocycles. The topological polar surface area (TPSA) is 0 Å². The van der Waals surface area contributed by atoms with E-state index in [-0.39, 0.29) is 0 Å². The second-order valence-electron chi connectivity index (χ2n) is 21.8. The van der Waals surface area contributed by atoms with E-state index in [2.05, 4.69) is 176 Å². The van der Waals surface area contributed by atoms with Crippen molar-refractivity contribution in [3.05, 3.63) is 58.1 Å². The normalized spacial score (nSPS) is 14.5. The van der Waals surface area contributed by atoms with E-state index >= 15 is 0 Å². The Morgan fingerprint density at radius 2 is 0.652 bits per heavy atom. The summed E-state index contributed by atoms with van der Waals surface area (Å²) in [6, 6.07) is 13.2. The van der Waals surface area contributed by atoms with Gasteiger partial charge in [0.1, 0.15) is 0 Å². The van der Waals surface area contributed by atoms with Crippen LogP contribution in [0.3, 0.4) is 0 Å². The summed E-state index contributed by atoms with van der Waals surface area (Å²) in [6.07, 6.45) is 0. The number of hydrogen-bond donors (Lipinski definition) is 0. The third-order valence-corrected chi connectivity index (χ3v) is 41.4. The van der Waals surface area contributed by atoms with Gasteiger partial charge in [0.2, 0.25) is 0 Å². The van der Waals surface area contributed by atoms with Gasteiger partial charge < -0.3 is 0 Å². The van der Waals surface area contributed by atoms with Gasteiger partial charge in [-0.15, -0.1) is 0 Å². The molecule has 0 saturated heterocycles. The van der Waals surface area contributed by atoms with E-state index in [1.807, 2.05) is 15.5 Å². The Morgan fingerprint density at radius 1 is 0.391 bits per heavy atom. The number of benzene rings is 2. The molecule has 0 N–H and O–H groups in total. The molecule has 2 radical (unpaired) electrons. The maximum atomic E-state index is 2.92. The monoisotopic (exact) mass is 786 g/mol. The molecule has 0 atom stereocenters. The van der Waals surface area contributed by atoms with Crippen molar-refractivity contribution < 1.29 is 0 Å². The van der Waals surface area contributed by atoms with Gasteiger partial charge in [-0.05, 0) is 0 Å². The average Bonchev–Trinajstić information content (AvgIpc) is 2.75. The molecule has 46 heavy (non-hydrogen) atoms. The maximum absolute atomic E-state index is 2.92. The van der Waals surface area contributed by atoms with Crippen LogP contribution in [0.1, 0.15) is 82.8 Å². The van der Waals surface area contributed by atoms with Crippen LogP contribution in [0.2, 0.25) is 118 Å². The Bertz CT molecular complexity index is 1210. The van der Waals surface area contributed by atoms with Gasteiger partial charge in [0.25, 0.3) is 0 Å². The fourth-order valence-corrected chi connectivity index (χ4v) is 53.6. The van der Waals surface area contributed by atoms with Crippen molar-refractivity contribution in [3.8, 4) is 0 Å². The molecule has 0 spiro atoms. The van der Waals surface area contributed by atoms with E-state index in [4.69, 9.17) is 0 Å². The van der Waals surface area contributed by atoms with Gasteiger partial charge in [-0.1, -0.05) is 0 Å². The summed E-state index contributed by atoms with van der Waals surface area (Å²) in [6.45, 7) is 58.3. The van der Waals surface area contributed by atoms with Crippen LogP contribution in [0.25, 0.3) is 0 Å². The average molecular weight is 786 g/mol. The molecule has 0 bridgehead atoms. The summed E-state index contributed by atoms with van der Waals surface area (Å²) >= 11 is -0.565. The van der Waals surface area contributed by atoms with E-state index in [1.54, 1.807) is 21.1 Å². The van der Waals surface area contributed by atoms with Crippen LogP contribution in [-0.4, -0.2) is 63.9 Å². The first kappa shape index (κ1) is 42.5. The third kappa shape index (κ3) is 10.2. The van der Waals surface area contributed by atoms with Gasteiger partial charge in [-0.25, -0.2) is 0 Å². The van der Waals surface area contributed by atoms with Crippen molar-refractivity contribution in [2.75, 3.05) is 0 Å². The molecule has 0 amide bonds. The van der Waals surface area contributed by atoms with Gasteiger partial charge in [0.05, 0.1) is 0 Å². The van der Waals surface area contributed by atoms with Gasteiger partial charge in [-0.3, -0.25) is 0 Å². The fraction of sp³-hybridized carbons (Fsp3) is 0.692. The second kappa shape index (κ2) is 14.5. The van der Waals surface area contributed by atoms with Crippen molar-refractivity contribution in [2.24, 2.45) is 0 Å². The van der Waals surface area contributed by atoms with Gasteiger partial charge in [0, 0.05) is 0 Å². The Hall–Kier alpha value is 0.284. The van der Waals surface area contributed by atoms with Crippen molar-refractivity contribution in [1.29, 1.82) is 0 Å². The Morgan fingerprint density at radius 3 is 0.891 bits per heavy atom. The number of hydrogen-bond acceptors (Lipinski definition) is 0. The Labute approximate surface area is 301 Å². The standard InChI is InChI=1S/C39H76GeSi6/c1-28(2)31-24-23-25-32(29(3)4)35(31)40-36-33(38(43(11,12)13)44(14,15)16)26-30(37(41(5,6)7)42(8,9)10)27-34(36)39(45(17,18)19)46(20,21)22/h23-29,37-39H,1-22H3. The predicted octanol–water partition coefficient (Wildman–Crippen LogP) is 12.1. The first-order valence-corrected chi connectivity index (χ1v) is 41.9. The molecular weight excluding hydrogens is 710 g/mol. The van der Waals surface area contributed by atoms with Crippen LogP contribution in [0.15, 0.2) is 30.3 Å². The molecule has 2 rings (SSSR count). The summed E-state index contributed by atoms with van der Waals surface area (Å²) in [5, 5.41) is 2.30. The Kier molecular flexibility index (Phi) is 13.4. The summed E-state index contributed by atoms with van der Waals surface area (Å²) in [4.78, 5) is 0. The molecule has 260 valence electrons. The second-order valence-corrected chi connectivity index (χ2v) is 58.0. The van der Waals surface area contributed by atoms with Gasteiger partial charge in [0.15, 0.2) is 0 Å². The molecule has 7 heteroatoms. The summed E-state index contributed by atoms with van der Waals surface area (Å²) in [5.74, 6) is 1.11. The zero-order valence-corrected chi connectivity index (χ0v) is 42.9. The summed E-state index contributed by atoms with van der Waals surface area (Å²) < 4.78 is 3.66.